The van der Waals surface area contributed by atoms with Gasteiger partial charge in [-0.1, -0.05) is 18.9 Å². The van der Waals surface area contributed by atoms with E-state index in [1.54, 1.807) is 7.05 Å². The van der Waals surface area contributed by atoms with E-state index in [9.17, 15) is 9.59 Å². The Bertz CT molecular complexity index is 962. The zero-order valence-electron chi connectivity index (χ0n) is 18.4. The van der Waals surface area contributed by atoms with Crippen molar-refractivity contribution < 1.29 is 4.79 Å². The van der Waals surface area contributed by atoms with Gasteiger partial charge in [-0.25, -0.2) is 9.48 Å². The topological polar surface area (TPSA) is 72.2 Å². The van der Waals surface area contributed by atoms with E-state index in [2.05, 4.69) is 29.2 Å². The van der Waals surface area contributed by atoms with Gasteiger partial charge in [-0.2, -0.15) is 5.10 Å². The van der Waals surface area contributed by atoms with Crippen molar-refractivity contribution in [3.8, 4) is 0 Å². The van der Waals surface area contributed by atoms with Crippen molar-refractivity contribution in [2.45, 2.75) is 64.3 Å². The summed E-state index contributed by atoms with van der Waals surface area (Å²) in [6, 6.07) is 6.31. The van der Waals surface area contributed by atoms with Gasteiger partial charge in [-0.15, -0.1) is 0 Å². The Hall–Kier alpha value is -2.41. The number of benzene rings is 1. The summed E-state index contributed by atoms with van der Waals surface area (Å²) in [5, 5.41) is 7.62. The molecule has 1 N–H and O–H groups in total. The van der Waals surface area contributed by atoms with E-state index < -0.39 is 0 Å². The Balaban J connectivity index is 1.35. The maximum Gasteiger partial charge on any atom is 0.345 e. The average molecular weight is 412 g/mol. The molecule has 0 bridgehead atoms. The van der Waals surface area contributed by atoms with Gasteiger partial charge in [0.2, 0.25) is 5.91 Å². The summed E-state index contributed by atoms with van der Waals surface area (Å²) in [5.41, 5.74) is 3.28. The predicted molar refractivity (Wildman–Crippen MR) is 118 cm³/mol. The Labute approximate surface area is 178 Å². The molecule has 7 heteroatoms. The van der Waals surface area contributed by atoms with Crippen LogP contribution in [-0.2, 0) is 11.8 Å². The van der Waals surface area contributed by atoms with Crippen LogP contribution in [-0.4, -0.2) is 44.8 Å². The maximum atomic E-state index is 12.6. The lowest BCUT2D eigenvalue weighted by atomic mass is 9.95. The quantitative estimate of drug-likeness (QED) is 0.821. The van der Waals surface area contributed by atoms with Crippen LogP contribution in [0.15, 0.2) is 23.0 Å². The minimum atomic E-state index is 0.0205. The Morgan fingerprint density at radius 3 is 2.47 bits per heavy atom. The van der Waals surface area contributed by atoms with Crippen LogP contribution in [0.1, 0.15) is 67.4 Å². The lowest BCUT2D eigenvalue weighted by Gasteiger charge is -2.31. The summed E-state index contributed by atoms with van der Waals surface area (Å²) in [5.74, 6) is 1.27. The summed E-state index contributed by atoms with van der Waals surface area (Å²) in [4.78, 5) is 27.3. The molecule has 0 atom stereocenters. The summed E-state index contributed by atoms with van der Waals surface area (Å²) < 4.78 is 3.47. The number of piperidine rings is 1. The third-order valence-corrected chi connectivity index (χ3v) is 6.78. The van der Waals surface area contributed by atoms with E-state index in [0.29, 0.717) is 18.5 Å². The molecule has 1 aromatic heterocycles. The minimum Gasteiger partial charge on any atom is -0.325 e. The molecule has 2 aromatic rings. The summed E-state index contributed by atoms with van der Waals surface area (Å²) in [7, 11) is 1.75. The minimum absolute atomic E-state index is 0.0205. The number of nitrogens with one attached hydrogen (secondary N) is 1. The number of aryl methyl sites for hydroxylation is 3. The number of carbonyl (C=O) groups excluding carboxylic acids is 1. The van der Waals surface area contributed by atoms with Gasteiger partial charge in [-0.3, -0.25) is 14.3 Å². The first-order chi connectivity index (χ1) is 14.4. The van der Waals surface area contributed by atoms with E-state index in [-0.39, 0.29) is 11.6 Å². The van der Waals surface area contributed by atoms with Gasteiger partial charge < -0.3 is 5.32 Å². The molecule has 1 aromatic carbocycles. The van der Waals surface area contributed by atoms with E-state index in [1.165, 1.54) is 28.7 Å². The van der Waals surface area contributed by atoms with Gasteiger partial charge in [-0.05, 0) is 75.9 Å². The molecule has 2 heterocycles. The van der Waals surface area contributed by atoms with Gasteiger partial charge in [0.25, 0.3) is 0 Å². The molecule has 0 spiro atoms. The second-order valence-electron chi connectivity index (χ2n) is 8.97. The normalized spacial score (nSPS) is 18.8. The van der Waals surface area contributed by atoms with Gasteiger partial charge in [0.05, 0.1) is 6.54 Å². The second kappa shape index (κ2) is 8.76. The molecule has 1 aliphatic heterocycles. The number of likely N-dealkylation sites (tertiary alicyclic amines) is 1. The van der Waals surface area contributed by atoms with Crippen LogP contribution in [0, 0.1) is 13.8 Å². The number of anilines is 1. The van der Waals surface area contributed by atoms with Crippen molar-refractivity contribution in [3.05, 3.63) is 45.6 Å². The van der Waals surface area contributed by atoms with Crippen molar-refractivity contribution >= 4 is 11.6 Å². The van der Waals surface area contributed by atoms with Crippen LogP contribution >= 0.6 is 0 Å². The molecule has 1 saturated heterocycles. The molecule has 0 radical (unpaired) electrons. The van der Waals surface area contributed by atoms with E-state index >= 15 is 0 Å². The number of hydrogen-bond acceptors (Lipinski definition) is 4. The van der Waals surface area contributed by atoms with E-state index in [0.717, 1.165) is 50.3 Å². The smallest absolute Gasteiger partial charge is 0.325 e. The van der Waals surface area contributed by atoms with Crippen molar-refractivity contribution in [2.24, 2.45) is 7.05 Å². The number of amides is 1. The third-order valence-electron chi connectivity index (χ3n) is 6.78. The van der Waals surface area contributed by atoms with E-state index in [4.69, 9.17) is 0 Å². The lowest BCUT2D eigenvalue weighted by molar-refractivity contribution is -0.117. The SMILES string of the molecule is Cc1ccc(NC(=O)CN2CCC(c3nn(C)c(=O)n3C3CCCC3)CC2)cc1C. The molecule has 4 rings (SSSR count). The highest BCUT2D eigenvalue weighted by atomic mass is 16.2. The van der Waals surface area contributed by atoms with Crippen LogP contribution in [0.4, 0.5) is 5.69 Å². The lowest BCUT2D eigenvalue weighted by Crippen LogP contribution is -2.39. The molecule has 30 heavy (non-hydrogen) atoms. The zero-order valence-corrected chi connectivity index (χ0v) is 18.4. The average Bonchev–Trinajstić information content (AvgIpc) is 3.34. The van der Waals surface area contributed by atoms with Gasteiger partial charge >= 0.3 is 5.69 Å². The van der Waals surface area contributed by atoms with Crippen molar-refractivity contribution in [3.63, 3.8) is 0 Å². The van der Waals surface area contributed by atoms with Crippen LogP contribution < -0.4 is 11.0 Å². The highest BCUT2D eigenvalue weighted by molar-refractivity contribution is 5.92. The standard InChI is InChI=1S/C23H33N5O2/c1-16-8-9-19(14-17(16)2)24-21(29)15-27-12-10-18(11-13-27)22-25-26(3)23(30)28(22)20-6-4-5-7-20/h8-9,14,18,20H,4-7,10-13,15H2,1-3H3,(H,24,29). The summed E-state index contributed by atoms with van der Waals surface area (Å²) in [6.07, 6.45) is 6.41. The first-order valence-electron chi connectivity index (χ1n) is 11.2. The predicted octanol–water partition coefficient (Wildman–Crippen LogP) is 3.13. The fourth-order valence-electron chi connectivity index (χ4n) is 4.85. The van der Waals surface area contributed by atoms with Crippen LogP contribution in [0.3, 0.4) is 0 Å². The van der Waals surface area contributed by atoms with Crippen molar-refractivity contribution in [1.82, 2.24) is 19.2 Å². The van der Waals surface area contributed by atoms with Crippen LogP contribution in [0.25, 0.3) is 0 Å². The van der Waals surface area contributed by atoms with Crippen molar-refractivity contribution in [1.29, 1.82) is 0 Å². The molecule has 7 nitrogen and oxygen atoms in total. The molecular weight excluding hydrogens is 378 g/mol. The molecule has 1 amide bonds. The molecular formula is C23H33N5O2. The van der Waals surface area contributed by atoms with Crippen molar-refractivity contribution in [2.75, 3.05) is 25.0 Å². The Morgan fingerprint density at radius 2 is 1.80 bits per heavy atom. The largest absolute Gasteiger partial charge is 0.345 e. The molecule has 162 valence electrons. The fraction of sp³-hybridized carbons (Fsp3) is 0.609. The number of hydrogen-bond donors (Lipinski definition) is 1. The molecule has 1 saturated carbocycles. The Kier molecular flexibility index (Phi) is 6.09. The molecule has 0 unspecified atom stereocenters. The number of aromatic nitrogens is 3. The molecule has 2 aliphatic rings. The molecule has 1 aliphatic carbocycles. The summed E-state index contributed by atoms with van der Waals surface area (Å²) >= 11 is 0. The second-order valence-corrected chi connectivity index (χ2v) is 8.97. The molecule has 2 fully saturated rings. The monoisotopic (exact) mass is 411 g/mol. The number of carbonyl (C=O) groups is 1. The first-order valence-corrected chi connectivity index (χ1v) is 11.2. The highest BCUT2D eigenvalue weighted by Crippen LogP contribution is 2.33. The van der Waals surface area contributed by atoms with Gasteiger partial charge in [0, 0.05) is 24.7 Å². The first kappa shape index (κ1) is 20.8. The van der Waals surface area contributed by atoms with Gasteiger partial charge in [0.1, 0.15) is 5.82 Å². The van der Waals surface area contributed by atoms with E-state index in [1.807, 2.05) is 22.8 Å². The maximum absolute atomic E-state index is 12.6. The zero-order chi connectivity index (χ0) is 21.3. The highest BCUT2D eigenvalue weighted by Gasteiger charge is 2.30. The van der Waals surface area contributed by atoms with Crippen LogP contribution in [0.2, 0.25) is 0 Å². The summed E-state index contributed by atoms with van der Waals surface area (Å²) in [6.45, 7) is 6.22. The number of nitrogens with zero attached hydrogens (tertiary/aromatic N) is 4. The fourth-order valence-corrected chi connectivity index (χ4v) is 4.85. The Morgan fingerprint density at radius 1 is 1.10 bits per heavy atom. The van der Waals surface area contributed by atoms with Crippen LogP contribution in [0.5, 0.6) is 0 Å². The number of rotatable bonds is 5. The third kappa shape index (κ3) is 4.36. The van der Waals surface area contributed by atoms with Gasteiger partial charge in [0.15, 0.2) is 0 Å².